The lowest BCUT2D eigenvalue weighted by Gasteiger charge is -2.17. The van der Waals surface area contributed by atoms with Crippen molar-refractivity contribution >= 4 is 11.9 Å². The van der Waals surface area contributed by atoms with Crippen molar-refractivity contribution in [3.8, 4) is 5.75 Å². The minimum absolute atomic E-state index is 0.278. The van der Waals surface area contributed by atoms with Crippen LogP contribution in [0.3, 0.4) is 0 Å². The maximum absolute atomic E-state index is 12.6. The number of aliphatic hydroxyl groups excluding tert-OH is 1. The lowest BCUT2D eigenvalue weighted by molar-refractivity contribution is -0.145. The molecule has 0 heterocycles. The Morgan fingerprint density at radius 2 is 1.95 bits per heavy atom. The number of benzene rings is 1. The molecule has 1 amide bonds. The summed E-state index contributed by atoms with van der Waals surface area (Å²) in [5.74, 6) is -2.19. The van der Waals surface area contributed by atoms with E-state index in [1.165, 1.54) is 31.2 Å². The van der Waals surface area contributed by atoms with Gasteiger partial charge in [-0.05, 0) is 31.2 Å². The van der Waals surface area contributed by atoms with Crippen molar-refractivity contribution in [2.24, 2.45) is 0 Å². The van der Waals surface area contributed by atoms with Crippen LogP contribution in [-0.4, -0.2) is 40.8 Å². The summed E-state index contributed by atoms with van der Waals surface area (Å²) in [4.78, 5) is 22.1. The number of aliphatic hydroxyl groups is 1. The second kappa shape index (κ2) is 6.69. The van der Waals surface area contributed by atoms with E-state index < -0.39 is 36.4 Å². The molecule has 19 heavy (non-hydrogen) atoms. The number of aliphatic carboxylic acids is 1. The van der Waals surface area contributed by atoms with E-state index in [0.29, 0.717) is 0 Å². The van der Waals surface area contributed by atoms with Crippen molar-refractivity contribution in [2.45, 2.75) is 19.1 Å². The number of rotatable bonds is 6. The number of hydrogen-bond donors (Lipinski definition) is 3. The summed E-state index contributed by atoms with van der Waals surface area (Å²) in [5.41, 5.74) is 0. The molecule has 0 fully saturated rings. The van der Waals surface area contributed by atoms with Gasteiger partial charge in [-0.3, -0.25) is 4.79 Å². The normalized spacial score (nSPS) is 13.4. The van der Waals surface area contributed by atoms with Crippen LogP contribution in [0.15, 0.2) is 24.3 Å². The molecule has 2 atom stereocenters. The van der Waals surface area contributed by atoms with E-state index in [9.17, 15) is 14.0 Å². The minimum Gasteiger partial charge on any atom is -0.484 e. The Labute approximate surface area is 108 Å². The maximum atomic E-state index is 12.6. The zero-order chi connectivity index (χ0) is 14.4. The molecule has 1 aromatic carbocycles. The number of nitrogens with one attached hydrogen (secondary N) is 1. The van der Waals surface area contributed by atoms with Gasteiger partial charge >= 0.3 is 5.97 Å². The number of carboxylic acids is 1. The topological polar surface area (TPSA) is 95.9 Å². The second-order valence-electron chi connectivity index (χ2n) is 3.87. The van der Waals surface area contributed by atoms with Crippen LogP contribution in [-0.2, 0) is 9.59 Å². The number of ether oxygens (including phenoxy) is 1. The average molecular weight is 271 g/mol. The first-order chi connectivity index (χ1) is 8.90. The zero-order valence-corrected chi connectivity index (χ0v) is 10.2. The summed E-state index contributed by atoms with van der Waals surface area (Å²) >= 11 is 0. The van der Waals surface area contributed by atoms with E-state index in [1.54, 1.807) is 0 Å². The average Bonchev–Trinajstić information content (AvgIpc) is 2.34. The third-order valence-electron chi connectivity index (χ3n) is 2.25. The van der Waals surface area contributed by atoms with Crippen molar-refractivity contribution < 1.29 is 28.9 Å². The van der Waals surface area contributed by atoms with Gasteiger partial charge in [-0.2, -0.15) is 0 Å². The van der Waals surface area contributed by atoms with Crippen molar-refractivity contribution in [3.63, 3.8) is 0 Å². The van der Waals surface area contributed by atoms with Gasteiger partial charge in [-0.15, -0.1) is 0 Å². The number of carboxylic acid groups (broad SMARTS) is 1. The van der Waals surface area contributed by atoms with Crippen molar-refractivity contribution in [1.82, 2.24) is 5.32 Å². The highest BCUT2D eigenvalue weighted by atomic mass is 19.1. The van der Waals surface area contributed by atoms with Gasteiger partial charge in [-0.1, -0.05) is 0 Å². The van der Waals surface area contributed by atoms with Gasteiger partial charge in [0.15, 0.2) is 12.6 Å². The van der Waals surface area contributed by atoms with E-state index >= 15 is 0 Å². The molecule has 1 rings (SSSR count). The quantitative estimate of drug-likeness (QED) is 0.684. The predicted molar refractivity (Wildman–Crippen MR) is 63.1 cm³/mol. The van der Waals surface area contributed by atoms with E-state index in [2.05, 4.69) is 5.32 Å². The molecule has 0 aliphatic heterocycles. The summed E-state index contributed by atoms with van der Waals surface area (Å²) < 4.78 is 17.6. The lowest BCUT2D eigenvalue weighted by atomic mass is 10.2. The van der Waals surface area contributed by atoms with Gasteiger partial charge in [0.05, 0.1) is 6.10 Å². The molecule has 0 aliphatic rings. The molecule has 3 N–H and O–H groups in total. The van der Waals surface area contributed by atoms with Crippen LogP contribution in [0.25, 0.3) is 0 Å². The van der Waals surface area contributed by atoms with Crippen LogP contribution >= 0.6 is 0 Å². The Morgan fingerprint density at radius 1 is 1.37 bits per heavy atom. The van der Waals surface area contributed by atoms with Gasteiger partial charge in [-0.25, -0.2) is 9.18 Å². The number of halogens is 1. The van der Waals surface area contributed by atoms with Gasteiger partial charge < -0.3 is 20.3 Å². The molecule has 7 heteroatoms. The summed E-state index contributed by atoms with van der Waals surface area (Å²) in [6, 6.07) is 3.62. The molecule has 6 nitrogen and oxygen atoms in total. The predicted octanol–water partition coefficient (Wildman–Crippen LogP) is 0.155. The molecule has 2 unspecified atom stereocenters. The molecular weight excluding hydrogens is 257 g/mol. The van der Waals surface area contributed by atoms with E-state index in [-0.39, 0.29) is 5.75 Å². The maximum Gasteiger partial charge on any atom is 0.328 e. The summed E-state index contributed by atoms with van der Waals surface area (Å²) in [5, 5.41) is 20.0. The molecule has 0 spiro atoms. The third kappa shape index (κ3) is 4.92. The van der Waals surface area contributed by atoms with Crippen molar-refractivity contribution in [1.29, 1.82) is 0 Å². The lowest BCUT2D eigenvalue weighted by Crippen LogP contribution is -2.49. The molecule has 0 saturated carbocycles. The summed E-state index contributed by atoms with van der Waals surface area (Å²) in [6.45, 7) is 0.821. The smallest absolute Gasteiger partial charge is 0.328 e. The molecule has 104 valence electrons. The molecule has 0 aliphatic carbocycles. The molecule has 1 aromatic rings. The van der Waals surface area contributed by atoms with Gasteiger partial charge in [0, 0.05) is 0 Å². The standard InChI is InChI=1S/C12H14FNO5/c1-7(15)11(12(17)18)14-10(16)6-19-9-4-2-8(13)3-5-9/h2-5,7,11,15H,6H2,1H3,(H,14,16)(H,17,18). The van der Waals surface area contributed by atoms with Gasteiger partial charge in [0.1, 0.15) is 11.6 Å². The fourth-order valence-corrected chi connectivity index (χ4v) is 1.28. The Hall–Kier alpha value is -2.15. The first-order valence-corrected chi connectivity index (χ1v) is 5.48. The van der Waals surface area contributed by atoms with Gasteiger partial charge in [0.2, 0.25) is 0 Å². The van der Waals surface area contributed by atoms with Crippen LogP contribution in [0.2, 0.25) is 0 Å². The Morgan fingerprint density at radius 3 is 2.42 bits per heavy atom. The van der Waals surface area contributed by atoms with E-state index in [4.69, 9.17) is 14.9 Å². The number of amides is 1. The minimum atomic E-state index is -1.40. The monoisotopic (exact) mass is 271 g/mol. The fourth-order valence-electron chi connectivity index (χ4n) is 1.28. The highest BCUT2D eigenvalue weighted by Crippen LogP contribution is 2.10. The summed E-state index contributed by atoms with van der Waals surface area (Å²) in [6.07, 6.45) is -1.23. The zero-order valence-electron chi connectivity index (χ0n) is 10.2. The first kappa shape index (κ1) is 14.9. The highest BCUT2D eigenvalue weighted by Gasteiger charge is 2.24. The third-order valence-corrected chi connectivity index (χ3v) is 2.25. The molecule has 0 radical (unpaired) electrons. The van der Waals surface area contributed by atoms with Gasteiger partial charge in [0.25, 0.3) is 5.91 Å². The largest absolute Gasteiger partial charge is 0.484 e. The second-order valence-corrected chi connectivity index (χ2v) is 3.87. The van der Waals surface area contributed by atoms with E-state index in [0.717, 1.165) is 0 Å². The molecular formula is C12H14FNO5. The van der Waals surface area contributed by atoms with Crippen LogP contribution in [0.5, 0.6) is 5.75 Å². The van der Waals surface area contributed by atoms with Crippen LogP contribution in [0.1, 0.15) is 6.92 Å². The molecule has 0 bridgehead atoms. The Bertz CT molecular complexity index is 446. The number of hydrogen-bond acceptors (Lipinski definition) is 4. The number of carbonyl (C=O) groups excluding carboxylic acids is 1. The number of carbonyl (C=O) groups is 2. The Balaban J connectivity index is 2.47. The summed E-state index contributed by atoms with van der Waals surface area (Å²) in [7, 11) is 0. The van der Waals surface area contributed by atoms with E-state index in [1.807, 2.05) is 0 Å². The van der Waals surface area contributed by atoms with Crippen molar-refractivity contribution in [2.75, 3.05) is 6.61 Å². The Kier molecular flexibility index (Phi) is 5.25. The molecule has 0 saturated heterocycles. The van der Waals surface area contributed by atoms with Crippen molar-refractivity contribution in [3.05, 3.63) is 30.1 Å². The SMILES string of the molecule is CC(O)C(NC(=O)COc1ccc(F)cc1)C(=O)O. The van der Waals surface area contributed by atoms with Crippen LogP contribution in [0.4, 0.5) is 4.39 Å². The fraction of sp³-hybridized carbons (Fsp3) is 0.333. The van der Waals surface area contributed by atoms with Crippen LogP contribution in [0, 0.1) is 5.82 Å². The molecule has 0 aromatic heterocycles. The first-order valence-electron chi connectivity index (χ1n) is 5.48. The van der Waals surface area contributed by atoms with Crippen LogP contribution < -0.4 is 10.1 Å². The highest BCUT2D eigenvalue weighted by molar-refractivity contribution is 5.84.